The minimum Gasteiger partial charge on any atom is -0.466 e. The number of nitrogens with one attached hydrogen (secondary N) is 2. The highest BCUT2D eigenvalue weighted by Crippen LogP contribution is 2.19. The van der Waals surface area contributed by atoms with Gasteiger partial charge in [0.05, 0.1) is 19.1 Å². The number of benzene rings is 1. The molecule has 2 amide bonds. The number of carbonyl (C=O) groups is 2. The molecule has 0 saturated carbocycles. The van der Waals surface area contributed by atoms with Crippen LogP contribution in [0.5, 0.6) is 0 Å². The zero-order valence-electron chi connectivity index (χ0n) is 17.5. The van der Waals surface area contributed by atoms with Gasteiger partial charge >= 0.3 is 12.0 Å². The van der Waals surface area contributed by atoms with Crippen molar-refractivity contribution in [1.29, 1.82) is 0 Å². The number of carbonyl (C=O) groups excluding carboxylic acids is 2. The van der Waals surface area contributed by atoms with Crippen LogP contribution in [0.4, 0.5) is 10.6 Å². The van der Waals surface area contributed by atoms with Gasteiger partial charge in [0, 0.05) is 25.8 Å². The van der Waals surface area contributed by atoms with Gasteiger partial charge in [0.2, 0.25) is 0 Å². The van der Waals surface area contributed by atoms with Crippen LogP contribution in [-0.4, -0.2) is 36.7 Å². The van der Waals surface area contributed by atoms with E-state index in [1.54, 1.807) is 13.1 Å². The molecule has 1 atom stereocenters. The number of urea groups is 1. The van der Waals surface area contributed by atoms with E-state index >= 15 is 0 Å². The molecule has 2 N–H and O–H groups in total. The summed E-state index contributed by atoms with van der Waals surface area (Å²) in [6.07, 6.45) is 5.51. The number of pyridine rings is 1. The summed E-state index contributed by atoms with van der Waals surface area (Å²) in [6.45, 7) is 4.51. The van der Waals surface area contributed by atoms with Crippen LogP contribution in [0.1, 0.15) is 49.8 Å². The number of nitrogens with zero attached hydrogens (tertiary/aromatic N) is 2. The molecule has 1 aromatic heterocycles. The smallest absolute Gasteiger partial charge is 0.315 e. The van der Waals surface area contributed by atoms with Crippen molar-refractivity contribution in [2.45, 2.75) is 45.2 Å². The van der Waals surface area contributed by atoms with Gasteiger partial charge in [-0.1, -0.05) is 30.3 Å². The minimum atomic E-state index is -0.452. The van der Waals surface area contributed by atoms with Crippen molar-refractivity contribution < 1.29 is 14.3 Å². The van der Waals surface area contributed by atoms with Gasteiger partial charge < -0.3 is 20.3 Å². The van der Waals surface area contributed by atoms with Crippen LogP contribution < -0.4 is 15.5 Å². The van der Waals surface area contributed by atoms with Gasteiger partial charge in [-0.05, 0) is 49.4 Å². The number of rotatable bonds is 8. The van der Waals surface area contributed by atoms with E-state index in [2.05, 4.69) is 20.5 Å². The van der Waals surface area contributed by atoms with Gasteiger partial charge in [-0.25, -0.2) is 9.78 Å². The molecule has 1 saturated heterocycles. The first-order valence-electron chi connectivity index (χ1n) is 10.6. The monoisotopic (exact) mass is 410 g/mol. The first-order chi connectivity index (χ1) is 14.7. The Morgan fingerprint density at radius 3 is 2.63 bits per heavy atom. The fourth-order valence-electron chi connectivity index (χ4n) is 3.58. The van der Waals surface area contributed by atoms with Crippen molar-refractivity contribution in [3.05, 3.63) is 59.8 Å². The molecule has 0 radical (unpaired) electrons. The Balaban J connectivity index is 1.58. The van der Waals surface area contributed by atoms with E-state index in [4.69, 9.17) is 4.74 Å². The fourth-order valence-corrected chi connectivity index (χ4v) is 3.58. The molecule has 0 spiro atoms. The Hall–Kier alpha value is -3.09. The van der Waals surface area contributed by atoms with Crippen molar-refractivity contribution in [1.82, 2.24) is 15.6 Å². The van der Waals surface area contributed by atoms with Gasteiger partial charge in [-0.3, -0.25) is 4.79 Å². The lowest BCUT2D eigenvalue weighted by Gasteiger charge is -2.28. The molecule has 2 aromatic rings. The molecule has 2 heterocycles. The molecule has 0 bridgehead atoms. The quantitative estimate of drug-likeness (QED) is 0.650. The largest absolute Gasteiger partial charge is 0.466 e. The average Bonchev–Trinajstić information content (AvgIpc) is 2.79. The summed E-state index contributed by atoms with van der Waals surface area (Å²) in [4.78, 5) is 31.3. The Bertz CT molecular complexity index is 822. The number of ether oxygens (including phenoxy) is 1. The molecule has 7 heteroatoms. The van der Waals surface area contributed by atoms with Crippen LogP contribution in [-0.2, 0) is 16.1 Å². The van der Waals surface area contributed by atoms with E-state index in [9.17, 15) is 9.59 Å². The minimum absolute atomic E-state index is 0.0830. The molecule has 1 unspecified atom stereocenters. The number of hydrogen-bond acceptors (Lipinski definition) is 5. The topological polar surface area (TPSA) is 83.6 Å². The van der Waals surface area contributed by atoms with E-state index < -0.39 is 6.04 Å². The van der Waals surface area contributed by atoms with E-state index in [0.29, 0.717) is 13.2 Å². The third kappa shape index (κ3) is 6.47. The molecule has 160 valence electrons. The summed E-state index contributed by atoms with van der Waals surface area (Å²) in [5, 5.41) is 5.78. The van der Waals surface area contributed by atoms with E-state index in [-0.39, 0.29) is 18.4 Å². The molecular formula is C23H30N4O3. The van der Waals surface area contributed by atoms with Gasteiger partial charge in [0.1, 0.15) is 5.82 Å². The van der Waals surface area contributed by atoms with Crippen LogP contribution >= 0.6 is 0 Å². The molecule has 1 aromatic carbocycles. The summed E-state index contributed by atoms with van der Waals surface area (Å²) in [5.41, 5.74) is 1.85. The maximum absolute atomic E-state index is 12.5. The first kappa shape index (κ1) is 21.6. The molecule has 1 aliphatic rings. The molecule has 1 fully saturated rings. The zero-order chi connectivity index (χ0) is 21.2. The van der Waals surface area contributed by atoms with Gasteiger partial charge in [0.25, 0.3) is 0 Å². The Morgan fingerprint density at radius 1 is 1.13 bits per heavy atom. The third-order valence-corrected chi connectivity index (χ3v) is 5.13. The lowest BCUT2D eigenvalue weighted by molar-refractivity contribution is -0.143. The number of esters is 1. The van der Waals surface area contributed by atoms with Crippen molar-refractivity contribution in [3.63, 3.8) is 0 Å². The van der Waals surface area contributed by atoms with Crippen LogP contribution in [0.3, 0.4) is 0 Å². The average molecular weight is 411 g/mol. The fraction of sp³-hybridized carbons (Fsp3) is 0.435. The van der Waals surface area contributed by atoms with E-state index in [0.717, 1.165) is 30.0 Å². The second kappa shape index (κ2) is 11.2. The number of hydrogen-bond donors (Lipinski definition) is 2. The second-order valence-corrected chi connectivity index (χ2v) is 7.37. The summed E-state index contributed by atoms with van der Waals surface area (Å²) >= 11 is 0. The first-order valence-corrected chi connectivity index (χ1v) is 10.6. The van der Waals surface area contributed by atoms with Crippen LogP contribution in [0, 0.1) is 0 Å². The highest BCUT2D eigenvalue weighted by atomic mass is 16.5. The summed E-state index contributed by atoms with van der Waals surface area (Å²) < 4.78 is 5.05. The number of anilines is 1. The summed E-state index contributed by atoms with van der Waals surface area (Å²) in [6, 6.07) is 12.6. The van der Waals surface area contributed by atoms with Crippen LogP contribution in [0.25, 0.3) is 0 Å². The van der Waals surface area contributed by atoms with E-state index in [1.165, 1.54) is 19.3 Å². The van der Waals surface area contributed by atoms with E-state index in [1.807, 2.05) is 42.5 Å². The van der Waals surface area contributed by atoms with Crippen LogP contribution in [0.2, 0.25) is 0 Å². The van der Waals surface area contributed by atoms with Crippen LogP contribution in [0.15, 0.2) is 48.7 Å². The van der Waals surface area contributed by atoms with Crippen molar-refractivity contribution in [2.75, 3.05) is 24.6 Å². The van der Waals surface area contributed by atoms with Gasteiger partial charge in [-0.15, -0.1) is 0 Å². The molecule has 0 aliphatic carbocycles. The van der Waals surface area contributed by atoms with Gasteiger partial charge in [0.15, 0.2) is 0 Å². The van der Waals surface area contributed by atoms with Crippen molar-refractivity contribution in [2.24, 2.45) is 0 Å². The predicted octanol–water partition coefficient (Wildman–Crippen LogP) is 3.57. The highest BCUT2D eigenvalue weighted by molar-refractivity contribution is 5.76. The highest BCUT2D eigenvalue weighted by Gasteiger charge is 2.19. The molecule has 7 nitrogen and oxygen atoms in total. The number of amides is 2. The Labute approximate surface area is 177 Å². The standard InChI is InChI=1S/C23H30N4O3/c1-2-30-22(28)16-20(19-9-5-3-6-10-19)26-23(29)25-17-18-11-12-24-21(15-18)27-13-7-4-8-14-27/h3,5-6,9-12,15,20H,2,4,7-8,13-14,16-17H2,1H3,(H2,25,26,29). The maximum atomic E-state index is 12.5. The Kier molecular flexibility index (Phi) is 8.06. The predicted molar refractivity (Wildman–Crippen MR) is 116 cm³/mol. The summed E-state index contributed by atoms with van der Waals surface area (Å²) in [7, 11) is 0. The molecular weight excluding hydrogens is 380 g/mol. The van der Waals surface area contributed by atoms with Crippen molar-refractivity contribution in [3.8, 4) is 0 Å². The maximum Gasteiger partial charge on any atom is 0.315 e. The lowest BCUT2D eigenvalue weighted by atomic mass is 10.0. The lowest BCUT2D eigenvalue weighted by Crippen LogP contribution is -2.38. The SMILES string of the molecule is CCOC(=O)CC(NC(=O)NCc1ccnc(N2CCCCC2)c1)c1ccccc1. The normalized spacial score (nSPS) is 14.6. The zero-order valence-corrected chi connectivity index (χ0v) is 17.5. The summed E-state index contributed by atoms with van der Waals surface area (Å²) in [5.74, 6) is 0.617. The molecule has 3 rings (SSSR count). The third-order valence-electron chi connectivity index (χ3n) is 5.13. The Morgan fingerprint density at radius 2 is 1.90 bits per heavy atom. The number of aromatic nitrogens is 1. The number of piperidine rings is 1. The molecule has 30 heavy (non-hydrogen) atoms. The van der Waals surface area contributed by atoms with Gasteiger partial charge in [-0.2, -0.15) is 0 Å². The second-order valence-electron chi connectivity index (χ2n) is 7.37. The van der Waals surface area contributed by atoms with Crippen molar-refractivity contribution >= 4 is 17.8 Å². The molecule has 1 aliphatic heterocycles.